The van der Waals surface area contributed by atoms with Gasteiger partial charge in [0.15, 0.2) is 17.0 Å². The second kappa shape index (κ2) is 6.04. The Bertz CT molecular complexity index is 857. The molecule has 1 saturated heterocycles. The van der Waals surface area contributed by atoms with Gasteiger partial charge in [-0.2, -0.15) is 14.4 Å². The monoisotopic (exact) mass is 328 g/mol. The van der Waals surface area contributed by atoms with E-state index in [-0.39, 0.29) is 6.23 Å². The van der Waals surface area contributed by atoms with Gasteiger partial charge in [0, 0.05) is 18.0 Å². The first-order valence-corrected chi connectivity index (χ1v) is 7.85. The minimum absolute atomic E-state index is 0.164. The lowest BCUT2D eigenvalue weighted by molar-refractivity contribution is -0.0298. The summed E-state index contributed by atoms with van der Waals surface area (Å²) in [6.07, 6.45) is 3.62. The van der Waals surface area contributed by atoms with Gasteiger partial charge in [-0.05, 0) is 43.5 Å². The molecule has 0 bridgehead atoms. The predicted molar refractivity (Wildman–Crippen MR) is 88.3 cm³/mol. The van der Waals surface area contributed by atoms with Crippen LogP contribution >= 0.6 is 0 Å². The van der Waals surface area contributed by atoms with E-state index in [1.807, 2.05) is 0 Å². The van der Waals surface area contributed by atoms with Gasteiger partial charge in [0.1, 0.15) is 6.23 Å². The summed E-state index contributed by atoms with van der Waals surface area (Å²) in [5.41, 5.74) is 8.00. The highest BCUT2D eigenvalue weighted by Gasteiger charge is 2.21. The first kappa shape index (κ1) is 14.8. The lowest BCUT2D eigenvalue weighted by Gasteiger charge is -2.23. The fourth-order valence-electron chi connectivity index (χ4n) is 2.83. The largest absolute Gasteiger partial charge is 0.399 e. The number of benzene rings is 1. The molecule has 0 amide bonds. The van der Waals surface area contributed by atoms with Crippen LogP contribution in [0.3, 0.4) is 0 Å². The van der Waals surface area contributed by atoms with Gasteiger partial charge in [0.2, 0.25) is 0 Å². The summed E-state index contributed by atoms with van der Waals surface area (Å²) in [5.74, 6) is 0.317. The molecular weight excluding hydrogens is 311 g/mol. The Morgan fingerprint density at radius 2 is 2.04 bits per heavy atom. The lowest BCUT2D eigenvalue weighted by Crippen LogP contribution is -2.18. The molecule has 3 aromatic rings. The number of nitrogens with one attached hydrogen (secondary N) is 1. The number of anilines is 3. The molecule has 2 aromatic heterocycles. The molecule has 24 heavy (non-hydrogen) atoms. The molecule has 1 aliphatic heterocycles. The molecule has 0 saturated carbocycles. The zero-order chi connectivity index (χ0) is 16.5. The summed E-state index contributed by atoms with van der Waals surface area (Å²) in [5, 5.41) is 3.07. The van der Waals surface area contributed by atoms with Crippen molar-refractivity contribution in [1.82, 2.24) is 19.5 Å². The maximum absolute atomic E-state index is 13.9. The Labute approximate surface area is 137 Å². The number of hydrogen-bond acceptors (Lipinski definition) is 6. The molecule has 3 heterocycles. The van der Waals surface area contributed by atoms with Crippen LogP contribution < -0.4 is 11.1 Å². The van der Waals surface area contributed by atoms with Crippen molar-refractivity contribution in [1.29, 1.82) is 0 Å². The Morgan fingerprint density at radius 1 is 1.21 bits per heavy atom. The van der Waals surface area contributed by atoms with E-state index in [1.165, 1.54) is 0 Å². The minimum Gasteiger partial charge on any atom is -0.399 e. The van der Waals surface area contributed by atoms with Gasteiger partial charge in [-0.15, -0.1) is 0 Å². The van der Waals surface area contributed by atoms with Gasteiger partial charge in [-0.3, -0.25) is 4.57 Å². The molecule has 1 unspecified atom stereocenters. The van der Waals surface area contributed by atoms with Crippen molar-refractivity contribution in [2.45, 2.75) is 25.5 Å². The van der Waals surface area contributed by atoms with E-state index >= 15 is 0 Å². The van der Waals surface area contributed by atoms with Crippen LogP contribution in [0.1, 0.15) is 25.5 Å². The van der Waals surface area contributed by atoms with Crippen LogP contribution in [0.4, 0.5) is 21.6 Å². The number of rotatable bonds is 3. The quantitative estimate of drug-likeness (QED) is 0.567. The Balaban J connectivity index is 1.73. The van der Waals surface area contributed by atoms with Crippen LogP contribution in [0.15, 0.2) is 30.6 Å². The van der Waals surface area contributed by atoms with Crippen molar-refractivity contribution in [2.24, 2.45) is 0 Å². The third kappa shape index (κ3) is 2.76. The first-order chi connectivity index (χ1) is 11.7. The highest BCUT2D eigenvalue weighted by molar-refractivity contribution is 5.85. The molecule has 1 fully saturated rings. The second-order valence-corrected chi connectivity index (χ2v) is 5.73. The number of imidazole rings is 1. The summed E-state index contributed by atoms with van der Waals surface area (Å²) >= 11 is 0. The number of ether oxygens (including phenoxy) is 1. The van der Waals surface area contributed by atoms with E-state index < -0.39 is 6.08 Å². The molecule has 3 N–H and O–H groups in total. The maximum atomic E-state index is 13.9. The van der Waals surface area contributed by atoms with Crippen molar-refractivity contribution in [3.63, 3.8) is 0 Å². The summed E-state index contributed by atoms with van der Waals surface area (Å²) < 4.78 is 21.4. The predicted octanol–water partition coefficient (Wildman–Crippen LogP) is 2.99. The van der Waals surface area contributed by atoms with E-state index in [2.05, 4.69) is 20.3 Å². The fourth-order valence-corrected chi connectivity index (χ4v) is 2.83. The van der Waals surface area contributed by atoms with Gasteiger partial charge in [-0.25, -0.2) is 4.98 Å². The van der Waals surface area contributed by atoms with Crippen LogP contribution in [0.2, 0.25) is 0 Å². The van der Waals surface area contributed by atoms with Crippen molar-refractivity contribution >= 4 is 28.4 Å². The van der Waals surface area contributed by atoms with E-state index in [1.54, 1.807) is 35.2 Å². The van der Waals surface area contributed by atoms with E-state index in [4.69, 9.17) is 10.5 Å². The number of aromatic nitrogens is 4. The molecule has 1 aliphatic rings. The number of fused-ring (bicyclic) bond motifs is 1. The number of nitrogens with zero attached hydrogens (tertiary/aromatic N) is 4. The van der Waals surface area contributed by atoms with Gasteiger partial charge >= 0.3 is 6.08 Å². The standard InChI is InChI=1S/C16H17FN6O/c17-16-21-14(20-11-6-4-10(18)5-7-11)13-15(22-16)23(9-19-13)12-3-1-2-8-24-12/h4-7,9,12H,1-3,8,18H2,(H,20,21,22). The molecule has 4 rings (SSSR count). The number of halogens is 1. The van der Waals surface area contributed by atoms with Crippen molar-refractivity contribution in [2.75, 3.05) is 17.7 Å². The number of nitrogen functional groups attached to an aromatic ring is 1. The Morgan fingerprint density at radius 3 is 2.79 bits per heavy atom. The molecule has 0 aliphatic carbocycles. The molecular formula is C16H17FN6O. The summed E-state index contributed by atoms with van der Waals surface area (Å²) in [4.78, 5) is 12.1. The average molecular weight is 328 g/mol. The molecule has 0 radical (unpaired) electrons. The Kier molecular flexibility index (Phi) is 3.73. The van der Waals surface area contributed by atoms with Crippen LogP contribution in [-0.2, 0) is 4.74 Å². The zero-order valence-corrected chi connectivity index (χ0v) is 12.9. The molecule has 1 aromatic carbocycles. The van der Waals surface area contributed by atoms with Crippen LogP contribution in [0, 0.1) is 6.08 Å². The molecule has 8 heteroatoms. The van der Waals surface area contributed by atoms with Gasteiger partial charge < -0.3 is 15.8 Å². The summed E-state index contributed by atoms with van der Waals surface area (Å²) in [6.45, 7) is 0.689. The van der Waals surface area contributed by atoms with Crippen LogP contribution in [0.5, 0.6) is 0 Å². The first-order valence-electron chi connectivity index (χ1n) is 7.85. The minimum atomic E-state index is -0.807. The van der Waals surface area contributed by atoms with Crippen LogP contribution in [-0.4, -0.2) is 26.1 Å². The third-order valence-electron chi connectivity index (χ3n) is 4.03. The SMILES string of the molecule is Nc1ccc(Nc2nc(F)nc3c2ncn3C2CCCCO2)cc1. The lowest BCUT2D eigenvalue weighted by atomic mass is 10.2. The average Bonchev–Trinajstić information content (AvgIpc) is 3.01. The van der Waals surface area contributed by atoms with Gasteiger partial charge in [-0.1, -0.05) is 0 Å². The normalized spacial score (nSPS) is 18.0. The third-order valence-corrected chi connectivity index (χ3v) is 4.03. The number of hydrogen-bond donors (Lipinski definition) is 2. The fraction of sp³-hybridized carbons (Fsp3) is 0.312. The smallest absolute Gasteiger partial charge is 0.312 e. The summed E-state index contributed by atoms with van der Waals surface area (Å²) in [7, 11) is 0. The molecule has 1 atom stereocenters. The van der Waals surface area contributed by atoms with Crippen LogP contribution in [0.25, 0.3) is 11.2 Å². The van der Waals surface area contributed by atoms with Gasteiger partial charge in [0.25, 0.3) is 0 Å². The van der Waals surface area contributed by atoms with E-state index in [9.17, 15) is 4.39 Å². The highest BCUT2D eigenvalue weighted by atomic mass is 19.1. The maximum Gasteiger partial charge on any atom is 0.312 e. The van der Waals surface area contributed by atoms with E-state index in [0.29, 0.717) is 29.3 Å². The molecule has 0 spiro atoms. The number of nitrogens with two attached hydrogens (primary N) is 1. The topological polar surface area (TPSA) is 90.9 Å². The zero-order valence-electron chi connectivity index (χ0n) is 12.9. The Hall–Kier alpha value is -2.74. The van der Waals surface area contributed by atoms with Gasteiger partial charge in [0.05, 0.1) is 6.33 Å². The molecule has 7 nitrogen and oxygen atoms in total. The summed E-state index contributed by atoms with van der Waals surface area (Å²) in [6, 6.07) is 7.10. The second-order valence-electron chi connectivity index (χ2n) is 5.73. The highest BCUT2D eigenvalue weighted by Crippen LogP contribution is 2.28. The van der Waals surface area contributed by atoms with E-state index in [0.717, 1.165) is 24.9 Å². The van der Waals surface area contributed by atoms with Crippen molar-refractivity contribution in [3.8, 4) is 0 Å². The van der Waals surface area contributed by atoms with Crippen molar-refractivity contribution in [3.05, 3.63) is 36.7 Å². The molecule has 124 valence electrons. The van der Waals surface area contributed by atoms with Crippen molar-refractivity contribution < 1.29 is 9.13 Å².